The lowest BCUT2D eigenvalue weighted by atomic mass is 10.1. The molecule has 1 aromatic heterocycles. The first-order valence-corrected chi connectivity index (χ1v) is 12.9. The van der Waals surface area contributed by atoms with Gasteiger partial charge in [-0.1, -0.05) is 77.8 Å². The van der Waals surface area contributed by atoms with Crippen molar-refractivity contribution in [1.29, 1.82) is 0 Å². The van der Waals surface area contributed by atoms with E-state index in [0.29, 0.717) is 23.0 Å². The Kier molecular flexibility index (Phi) is 9.05. The van der Waals surface area contributed by atoms with Crippen LogP contribution in [0.5, 0.6) is 0 Å². The number of benzene rings is 3. The summed E-state index contributed by atoms with van der Waals surface area (Å²) in [7, 11) is 0. The molecular weight excluding hydrogens is 523 g/mol. The molecule has 0 saturated heterocycles. The van der Waals surface area contributed by atoms with Crippen molar-refractivity contribution in [2.75, 3.05) is 6.61 Å². The number of hydrazone groups is 1. The van der Waals surface area contributed by atoms with Crippen LogP contribution in [0, 0.1) is 6.92 Å². The highest BCUT2D eigenvalue weighted by Gasteiger charge is 2.22. The Morgan fingerprint density at radius 3 is 2.47 bits per heavy atom. The highest BCUT2D eigenvalue weighted by Crippen LogP contribution is 2.28. The van der Waals surface area contributed by atoms with Crippen LogP contribution in [0.2, 0.25) is 10.0 Å². The molecular formula is C29H28Cl2N4O3. The summed E-state index contributed by atoms with van der Waals surface area (Å²) < 4.78 is 7.14. The third-order valence-electron chi connectivity index (χ3n) is 6.14. The highest BCUT2D eigenvalue weighted by molar-refractivity contribution is 6.42. The number of para-hydroxylation sites is 1. The normalized spacial score (nSPS) is 12.0. The highest BCUT2D eigenvalue weighted by atomic mass is 35.5. The molecule has 9 heteroatoms. The third-order valence-corrected chi connectivity index (χ3v) is 6.88. The zero-order chi connectivity index (χ0) is 27.1. The summed E-state index contributed by atoms with van der Waals surface area (Å²) >= 11 is 12.3. The van der Waals surface area contributed by atoms with Crippen molar-refractivity contribution in [1.82, 2.24) is 15.3 Å². The van der Waals surface area contributed by atoms with Crippen molar-refractivity contribution >= 4 is 52.3 Å². The standard InChI is InChI=1S/C29H28Cl2N4O3/c1-3-38-29(37)33-26(16-20-9-5-4-6-10-20)28(36)34-32-17-23-19(2)35(27-12-8-7-11-22(23)27)18-21-13-14-24(30)25(31)15-21/h4-15,17,26H,3,16,18H2,1-2H3,(H,33,37)(H,34,36)/b32-17-/t26-/m0/s1. The van der Waals surface area contributed by atoms with E-state index in [1.165, 1.54) is 0 Å². The minimum absolute atomic E-state index is 0.204. The van der Waals surface area contributed by atoms with Crippen molar-refractivity contribution in [2.24, 2.45) is 5.10 Å². The Morgan fingerprint density at radius 2 is 1.74 bits per heavy atom. The van der Waals surface area contributed by atoms with Gasteiger partial charge in [0.05, 0.1) is 22.9 Å². The number of nitrogens with zero attached hydrogens (tertiary/aromatic N) is 2. The van der Waals surface area contributed by atoms with Crippen LogP contribution in [0.15, 0.2) is 77.9 Å². The number of alkyl carbamates (subject to hydrolysis) is 1. The van der Waals surface area contributed by atoms with E-state index in [4.69, 9.17) is 27.9 Å². The smallest absolute Gasteiger partial charge is 0.407 e. The second kappa shape index (κ2) is 12.6. The number of hydrogen-bond donors (Lipinski definition) is 2. The fourth-order valence-electron chi connectivity index (χ4n) is 4.26. The van der Waals surface area contributed by atoms with Gasteiger partial charge in [-0.05, 0) is 43.2 Å². The molecule has 1 atom stereocenters. The Morgan fingerprint density at radius 1 is 1.00 bits per heavy atom. The van der Waals surface area contributed by atoms with E-state index in [9.17, 15) is 9.59 Å². The van der Waals surface area contributed by atoms with Crippen LogP contribution in [-0.2, 0) is 22.5 Å². The van der Waals surface area contributed by atoms with Crippen molar-refractivity contribution in [3.63, 3.8) is 0 Å². The number of hydrogen-bond acceptors (Lipinski definition) is 4. The molecule has 196 valence electrons. The summed E-state index contributed by atoms with van der Waals surface area (Å²) in [5.41, 5.74) is 7.36. The predicted octanol–water partition coefficient (Wildman–Crippen LogP) is 6.11. The monoisotopic (exact) mass is 550 g/mol. The number of fused-ring (bicyclic) bond motifs is 1. The fraction of sp³-hybridized carbons (Fsp3) is 0.207. The number of rotatable bonds is 9. The summed E-state index contributed by atoms with van der Waals surface area (Å²) in [5.74, 6) is -0.449. The molecule has 38 heavy (non-hydrogen) atoms. The van der Waals surface area contributed by atoms with Crippen LogP contribution in [-0.4, -0.2) is 35.4 Å². The van der Waals surface area contributed by atoms with Crippen LogP contribution >= 0.6 is 23.2 Å². The van der Waals surface area contributed by atoms with Gasteiger partial charge in [0.1, 0.15) is 6.04 Å². The van der Waals surface area contributed by atoms with Crippen molar-refractivity contribution in [2.45, 2.75) is 32.9 Å². The van der Waals surface area contributed by atoms with Gasteiger partial charge in [-0.15, -0.1) is 0 Å². The van der Waals surface area contributed by atoms with Gasteiger partial charge in [-0.25, -0.2) is 10.2 Å². The lowest BCUT2D eigenvalue weighted by Gasteiger charge is -2.16. The van der Waals surface area contributed by atoms with E-state index >= 15 is 0 Å². The quantitative estimate of drug-likeness (QED) is 0.194. The van der Waals surface area contributed by atoms with Crippen LogP contribution in [0.25, 0.3) is 10.9 Å². The van der Waals surface area contributed by atoms with E-state index in [-0.39, 0.29) is 6.61 Å². The van der Waals surface area contributed by atoms with Crippen LogP contribution in [0.3, 0.4) is 0 Å². The average molecular weight is 551 g/mol. The second-order valence-electron chi connectivity index (χ2n) is 8.69. The van der Waals surface area contributed by atoms with Gasteiger partial charge in [0, 0.05) is 35.1 Å². The first kappa shape index (κ1) is 27.2. The summed E-state index contributed by atoms with van der Waals surface area (Å²) in [5, 5.41) is 8.88. The number of carbonyl (C=O) groups excluding carboxylic acids is 2. The maximum atomic E-state index is 13.0. The summed E-state index contributed by atoms with van der Waals surface area (Å²) in [6.07, 6.45) is 1.27. The molecule has 4 rings (SSSR count). The molecule has 0 radical (unpaired) electrons. The zero-order valence-corrected chi connectivity index (χ0v) is 22.6. The molecule has 0 bridgehead atoms. The maximum absolute atomic E-state index is 13.0. The number of aromatic nitrogens is 1. The Bertz CT molecular complexity index is 1470. The summed E-state index contributed by atoms with van der Waals surface area (Å²) in [6, 6.07) is 22.1. The summed E-state index contributed by atoms with van der Waals surface area (Å²) in [4.78, 5) is 25.1. The van der Waals surface area contributed by atoms with Crippen molar-refractivity contribution in [3.8, 4) is 0 Å². The van der Waals surface area contributed by atoms with Gasteiger partial charge < -0.3 is 14.6 Å². The Labute approximate surface area is 231 Å². The van der Waals surface area contributed by atoms with Crippen LogP contribution < -0.4 is 10.7 Å². The molecule has 0 aliphatic carbocycles. The molecule has 7 nitrogen and oxygen atoms in total. The van der Waals surface area contributed by atoms with E-state index in [2.05, 4.69) is 20.4 Å². The first-order valence-electron chi connectivity index (χ1n) is 12.2. The minimum Gasteiger partial charge on any atom is -0.450 e. The molecule has 0 aliphatic rings. The van der Waals surface area contributed by atoms with Crippen LogP contribution in [0.1, 0.15) is 29.3 Å². The lowest BCUT2D eigenvalue weighted by molar-refractivity contribution is -0.123. The topological polar surface area (TPSA) is 84.7 Å². The second-order valence-corrected chi connectivity index (χ2v) is 9.51. The number of carbonyl (C=O) groups is 2. The zero-order valence-electron chi connectivity index (χ0n) is 21.1. The molecule has 0 fully saturated rings. The largest absolute Gasteiger partial charge is 0.450 e. The molecule has 0 saturated carbocycles. The van der Waals surface area contributed by atoms with Gasteiger partial charge in [-0.2, -0.15) is 5.10 Å². The predicted molar refractivity (Wildman–Crippen MR) is 152 cm³/mol. The van der Waals surface area contributed by atoms with Gasteiger partial charge >= 0.3 is 6.09 Å². The van der Waals surface area contributed by atoms with E-state index in [1.807, 2.05) is 73.7 Å². The van der Waals surface area contributed by atoms with Crippen molar-refractivity contribution in [3.05, 3.63) is 105 Å². The molecule has 4 aromatic rings. The molecule has 2 amide bonds. The molecule has 3 aromatic carbocycles. The SMILES string of the molecule is CCOC(=O)N[C@@H](Cc1ccccc1)C(=O)N/N=C\c1c(C)n(Cc2ccc(Cl)c(Cl)c2)c2ccccc12. The lowest BCUT2D eigenvalue weighted by Crippen LogP contribution is -2.47. The molecule has 0 spiro atoms. The number of amides is 2. The van der Waals surface area contributed by atoms with E-state index < -0.39 is 18.0 Å². The first-order chi connectivity index (χ1) is 18.4. The van der Waals surface area contributed by atoms with E-state index in [1.54, 1.807) is 19.2 Å². The summed E-state index contributed by atoms with van der Waals surface area (Å²) in [6.45, 7) is 4.50. The molecule has 2 N–H and O–H groups in total. The molecule has 0 aliphatic heterocycles. The number of nitrogens with one attached hydrogen (secondary N) is 2. The van der Waals surface area contributed by atoms with E-state index in [0.717, 1.165) is 33.3 Å². The third kappa shape index (κ3) is 6.54. The van der Waals surface area contributed by atoms with Gasteiger partial charge in [0.25, 0.3) is 5.91 Å². The molecule has 1 heterocycles. The van der Waals surface area contributed by atoms with Gasteiger partial charge in [-0.3, -0.25) is 4.79 Å². The molecule has 0 unspecified atom stereocenters. The fourth-order valence-corrected chi connectivity index (χ4v) is 4.58. The minimum atomic E-state index is -0.856. The number of ether oxygens (including phenoxy) is 1. The Hall–Kier alpha value is -3.81. The Balaban J connectivity index is 1.56. The van der Waals surface area contributed by atoms with Crippen molar-refractivity contribution < 1.29 is 14.3 Å². The average Bonchev–Trinajstić information content (AvgIpc) is 3.17. The maximum Gasteiger partial charge on any atom is 0.407 e. The number of halogens is 2. The van der Waals surface area contributed by atoms with Gasteiger partial charge in [0.2, 0.25) is 0 Å². The van der Waals surface area contributed by atoms with Crippen LogP contribution in [0.4, 0.5) is 4.79 Å². The van der Waals surface area contributed by atoms with Gasteiger partial charge in [0.15, 0.2) is 0 Å².